The molecule has 1 unspecified atom stereocenters. The largest absolute Gasteiger partial charge is 0.468 e. The van der Waals surface area contributed by atoms with Crippen molar-refractivity contribution in [3.63, 3.8) is 0 Å². The summed E-state index contributed by atoms with van der Waals surface area (Å²) in [5.74, 6) is 1.77. The Bertz CT molecular complexity index is 496. The molecule has 0 saturated heterocycles. The molecule has 2 aromatic heterocycles. The SMILES string of the molecule is Cc1nccc(CNCC(c2ccco2)N(C)C)n1. The summed E-state index contributed by atoms with van der Waals surface area (Å²) in [5.41, 5.74) is 1.00. The maximum absolute atomic E-state index is 5.47. The molecule has 0 aliphatic rings. The van der Waals surface area contributed by atoms with E-state index in [1.807, 2.05) is 39.2 Å². The van der Waals surface area contributed by atoms with Crippen molar-refractivity contribution in [2.24, 2.45) is 0 Å². The van der Waals surface area contributed by atoms with Crippen molar-refractivity contribution in [2.75, 3.05) is 20.6 Å². The fraction of sp³-hybridized carbons (Fsp3) is 0.429. The number of hydrogen-bond donors (Lipinski definition) is 1. The average Bonchev–Trinajstić information content (AvgIpc) is 2.88. The van der Waals surface area contributed by atoms with Crippen LogP contribution in [0, 0.1) is 6.92 Å². The first-order valence-electron chi connectivity index (χ1n) is 6.36. The van der Waals surface area contributed by atoms with E-state index in [0.717, 1.165) is 30.4 Å². The third-order valence-corrected chi connectivity index (χ3v) is 2.97. The number of nitrogens with one attached hydrogen (secondary N) is 1. The molecule has 1 atom stereocenters. The lowest BCUT2D eigenvalue weighted by atomic mass is 10.2. The van der Waals surface area contributed by atoms with E-state index in [-0.39, 0.29) is 6.04 Å². The number of aromatic nitrogens is 2. The molecule has 0 bridgehead atoms. The Morgan fingerprint density at radius 3 is 2.84 bits per heavy atom. The van der Waals surface area contributed by atoms with Gasteiger partial charge in [0.2, 0.25) is 0 Å². The molecule has 0 fully saturated rings. The quantitative estimate of drug-likeness (QED) is 0.858. The second-order valence-electron chi connectivity index (χ2n) is 4.72. The molecule has 0 aliphatic carbocycles. The monoisotopic (exact) mass is 260 g/mol. The molecule has 2 rings (SSSR count). The number of furan rings is 1. The van der Waals surface area contributed by atoms with Gasteiger partial charge in [-0.2, -0.15) is 0 Å². The standard InChI is InChI=1S/C14H20N4O/c1-11-16-7-6-12(17-11)9-15-10-13(18(2)3)14-5-4-8-19-14/h4-8,13,15H,9-10H2,1-3H3. The van der Waals surface area contributed by atoms with Crippen molar-refractivity contribution in [2.45, 2.75) is 19.5 Å². The molecule has 2 aromatic rings. The summed E-state index contributed by atoms with van der Waals surface area (Å²) in [7, 11) is 4.09. The molecule has 0 aliphatic heterocycles. The van der Waals surface area contributed by atoms with Gasteiger partial charge in [0.05, 0.1) is 18.0 Å². The fourth-order valence-electron chi connectivity index (χ4n) is 1.96. The van der Waals surface area contributed by atoms with Crippen molar-refractivity contribution in [1.29, 1.82) is 0 Å². The zero-order valence-corrected chi connectivity index (χ0v) is 11.6. The molecule has 5 heteroatoms. The van der Waals surface area contributed by atoms with Gasteiger partial charge in [0.25, 0.3) is 0 Å². The van der Waals surface area contributed by atoms with Gasteiger partial charge in [0, 0.05) is 19.3 Å². The summed E-state index contributed by atoms with van der Waals surface area (Å²) in [4.78, 5) is 10.6. The lowest BCUT2D eigenvalue weighted by Gasteiger charge is -2.22. The Labute approximate surface area is 113 Å². The van der Waals surface area contributed by atoms with Crippen LogP contribution in [0.4, 0.5) is 0 Å². The topological polar surface area (TPSA) is 54.2 Å². The lowest BCUT2D eigenvalue weighted by Crippen LogP contribution is -2.30. The molecule has 0 radical (unpaired) electrons. The third kappa shape index (κ3) is 3.87. The van der Waals surface area contributed by atoms with Crippen LogP contribution in [0.2, 0.25) is 0 Å². The van der Waals surface area contributed by atoms with E-state index in [4.69, 9.17) is 4.42 Å². The highest BCUT2D eigenvalue weighted by Gasteiger charge is 2.16. The molecule has 0 spiro atoms. The zero-order valence-electron chi connectivity index (χ0n) is 11.6. The molecule has 0 amide bonds. The van der Waals surface area contributed by atoms with Crippen molar-refractivity contribution < 1.29 is 4.42 Å². The van der Waals surface area contributed by atoms with Crippen molar-refractivity contribution in [1.82, 2.24) is 20.2 Å². The maximum Gasteiger partial charge on any atom is 0.125 e. The van der Waals surface area contributed by atoms with Crippen LogP contribution in [-0.2, 0) is 6.54 Å². The molecule has 0 aromatic carbocycles. The highest BCUT2D eigenvalue weighted by atomic mass is 16.3. The zero-order chi connectivity index (χ0) is 13.7. The van der Waals surface area contributed by atoms with Crippen LogP contribution in [0.3, 0.4) is 0 Å². The Hall–Kier alpha value is -1.72. The number of rotatable bonds is 6. The van der Waals surface area contributed by atoms with Gasteiger partial charge in [-0.05, 0) is 39.2 Å². The van der Waals surface area contributed by atoms with Gasteiger partial charge >= 0.3 is 0 Å². The second-order valence-corrected chi connectivity index (χ2v) is 4.72. The molecular formula is C14H20N4O. The predicted octanol–water partition coefficient (Wildman–Crippen LogP) is 1.77. The number of aryl methyl sites for hydroxylation is 1. The number of hydrogen-bond acceptors (Lipinski definition) is 5. The van der Waals surface area contributed by atoms with Crippen LogP contribution in [0.25, 0.3) is 0 Å². The summed E-state index contributed by atoms with van der Waals surface area (Å²) < 4.78 is 5.47. The van der Waals surface area contributed by atoms with Crippen LogP contribution in [0.5, 0.6) is 0 Å². The molecule has 19 heavy (non-hydrogen) atoms. The van der Waals surface area contributed by atoms with Gasteiger partial charge in [-0.25, -0.2) is 9.97 Å². The molecule has 102 valence electrons. The highest BCUT2D eigenvalue weighted by molar-refractivity contribution is 5.06. The minimum Gasteiger partial charge on any atom is -0.468 e. The summed E-state index contributed by atoms with van der Waals surface area (Å²) in [6.07, 6.45) is 3.49. The third-order valence-electron chi connectivity index (χ3n) is 2.97. The minimum absolute atomic E-state index is 0.220. The van der Waals surface area contributed by atoms with Crippen LogP contribution < -0.4 is 5.32 Å². The first-order chi connectivity index (χ1) is 9.16. The van der Waals surface area contributed by atoms with E-state index in [9.17, 15) is 0 Å². The summed E-state index contributed by atoms with van der Waals surface area (Å²) >= 11 is 0. The first kappa shape index (κ1) is 13.7. The van der Waals surface area contributed by atoms with Crippen molar-refractivity contribution >= 4 is 0 Å². The van der Waals surface area contributed by atoms with Gasteiger partial charge in [0.1, 0.15) is 11.6 Å². The van der Waals surface area contributed by atoms with E-state index in [1.54, 1.807) is 12.5 Å². The minimum atomic E-state index is 0.220. The van der Waals surface area contributed by atoms with Crippen LogP contribution in [0.15, 0.2) is 35.1 Å². The molecule has 1 N–H and O–H groups in total. The molecule has 0 saturated carbocycles. The van der Waals surface area contributed by atoms with E-state index < -0.39 is 0 Å². The Morgan fingerprint density at radius 1 is 1.37 bits per heavy atom. The van der Waals surface area contributed by atoms with E-state index in [1.165, 1.54) is 0 Å². The van der Waals surface area contributed by atoms with E-state index in [2.05, 4.69) is 20.2 Å². The summed E-state index contributed by atoms with van der Waals surface area (Å²) in [5, 5.41) is 3.41. The number of likely N-dealkylation sites (N-methyl/N-ethyl adjacent to an activating group) is 1. The number of nitrogens with zero attached hydrogens (tertiary/aromatic N) is 3. The Kier molecular flexibility index (Phi) is 4.65. The summed E-state index contributed by atoms with van der Waals surface area (Å²) in [6, 6.07) is 6.07. The molecule has 2 heterocycles. The normalized spacial score (nSPS) is 12.8. The van der Waals surface area contributed by atoms with Crippen LogP contribution in [0.1, 0.15) is 23.3 Å². The van der Waals surface area contributed by atoms with Gasteiger partial charge in [-0.15, -0.1) is 0 Å². The second kappa shape index (κ2) is 6.45. The Morgan fingerprint density at radius 2 is 2.21 bits per heavy atom. The average molecular weight is 260 g/mol. The lowest BCUT2D eigenvalue weighted by molar-refractivity contribution is 0.250. The fourth-order valence-corrected chi connectivity index (χ4v) is 1.96. The van der Waals surface area contributed by atoms with E-state index >= 15 is 0 Å². The van der Waals surface area contributed by atoms with Gasteiger partial charge < -0.3 is 9.73 Å². The van der Waals surface area contributed by atoms with Gasteiger partial charge in [-0.1, -0.05) is 0 Å². The first-order valence-corrected chi connectivity index (χ1v) is 6.36. The Balaban J connectivity index is 1.90. The van der Waals surface area contributed by atoms with Crippen LogP contribution in [-0.4, -0.2) is 35.5 Å². The summed E-state index contributed by atoms with van der Waals surface area (Å²) in [6.45, 7) is 3.44. The van der Waals surface area contributed by atoms with Gasteiger partial charge in [0.15, 0.2) is 0 Å². The van der Waals surface area contributed by atoms with Gasteiger partial charge in [-0.3, -0.25) is 4.90 Å². The highest BCUT2D eigenvalue weighted by Crippen LogP contribution is 2.17. The molecule has 5 nitrogen and oxygen atoms in total. The smallest absolute Gasteiger partial charge is 0.125 e. The van der Waals surface area contributed by atoms with Crippen molar-refractivity contribution in [3.05, 3.63) is 47.9 Å². The van der Waals surface area contributed by atoms with Crippen molar-refractivity contribution in [3.8, 4) is 0 Å². The maximum atomic E-state index is 5.47. The predicted molar refractivity (Wildman–Crippen MR) is 73.6 cm³/mol. The van der Waals surface area contributed by atoms with Crippen LogP contribution >= 0.6 is 0 Å². The molecular weight excluding hydrogens is 240 g/mol. The van der Waals surface area contributed by atoms with E-state index in [0.29, 0.717) is 0 Å².